The predicted molar refractivity (Wildman–Crippen MR) is 82.2 cm³/mol. The van der Waals surface area contributed by atoms with Crippen LogP contribution in [0.15, 0.2) is 42.5 Å². The number of aromatic amines is 1. The van der Waals surface area contributed by atoms with Crippen LogP contribution in [0.3, 0.4) is 0 Å². The third-order valence-corrected chi connectivity index (χ3v) is 3.64. The highest BCUT2D eigenvalue weighted by atomic mass is 14.7. The first-order valence-corrected chi connectivity index (χ1v) is 6.82. The molecule has 0 radical (unpaired) electrons. The number of fused-ring (bicyclic) bond motifs is 3. The van der Waals surface area contributed by atoms with Crippen molar-refractivity contribution in [3.8, 4) is 12.3 Å². The summed E-state index contributed by atoms with van der Waals surface area (Å²) in [4.78, 5) is 3.55. The number of nitrogens with one attached hydrogen (secondary N) is 1. The van der Waals surface area contributed by atoms with Crippen molar-refractivity contribution in [3.63, 3.8) is 0 Å². The lowest BCUT2D eigenvalue weighted by atomic mass is 10.0. The summed E-state index contributed by atoms with van der Waals surface area (Å²) in [7, 11) is 0. The Balaban J connectivity index is 1.99. The van der Waals surface area contributed by atoms with Crippen LogP contribution in [-0.2, 0) is 6.42 Å². The van der Waals surface area contributed by atoms with Gasteiger partial charge in [-0.2, -0.15) is 0 Å². The van der Waals surface area contributed by atoms with Crippen LogP contribution >= 0.6 is 0 Å². The first kappa shape index (κ1) is 11.9. The zero-order chi connectivity index (χ0) is 13.1. The lowest BCUT2D eigenvalue weighted by Crippen LogP contribution is -1.87. The van der Waals surface area contributed by atoms with Crippen LogP contribution < -0.4 is 0 Å². The molecule has 0 aliphatic rings. The largest absolute Gasteiger partial charge is 0.354 e. The molecule has 1 N–H and O–H groups in total. The number of hydrogen-bond acceptors (Lipinski definition) is 0. The summed E-state index contributed by atoms with van der Waals surface area (Å²) in [5.41, 5.74) is 3.89. The smallest absolute Gasteiger partial charge is 0.0497 e. The van der Waals surface area contributed by atoms with E-state index < -0.39 is 0 Å². The number of terminal acetylenes is 1. The Kier molecular flexibility index (Phi) is 3.25. The molecular formula is C18H17N. The number of benzene rings is 2. The second kappa shape index (κ2) is 5.20. The summed E-state index contributed by atoms with van der Waals surface area (Å²) >= 11 is 0. The Bertz CT molecular complexity index is 743. The zero-order valence-corrected chi connectivity index (χ0v) is 10.9. The van der Waals surface area contributed by atoms with Gasteiger partial charge in [0, 0.05) is 28.2 Å². The van der Waals surface area contributed by atoms with Gasteiger partial charge >= 0.3 is 0 Å². The van der Waals surface area contributed by atoms with Crippen molar-refractivity contribution in [1.82, 2.24) is 4.98 Å². The summed E-state index contributed by atoms with van der Waals surface area (Å²) in [6.07, 6.45) is 9.52. The molecule has 0 spiro atoms. The minimum absolute atomic E-state index is 0.878. The molecule has 94 valence electrons. The van der Waals surface area contributed by atoms with Gasteiger partial charge in [-0.3, -0.25) is 0 Å². The molecule has 1 aromatic heterocycles. The second-order valence-electron chi connectivity index (χ2n) is 4.92. The van der Waals surface area contributed by atoms with Crippen LogP contribution in [0.25, 0.3) is 21.8 Å². The van der Waals surface area contributed by atoms with Crippen molar-refractivity contribution in [2.45, 2.75) is 25.7 Å². The molecule has 0 bridgehead atoms. The van der Waals surface area contributed by atoms with Crippen molar-refractivity contribution in [2.24, 2.45) is 0 Å². The topological polar surface area (TPSA) is 15.8 Å². The van der Waals surface area contributed by atoms with E-state index in [4.69, 9.17) is 6.42 Å². The SMILES string of the molecule is C#CCCCCc1cccc2c1[nH]c1ccccc12. The molecule has 1 heterocycles. The van der Waals surface area contributed by atoms with Crippen LogP contribution in [0.2, 0.25) is 0 Å². The maximum atomic E-state index is 5.29. The molecule has 0 aliphatic carbocycles. The van der Waals surface area contributed by atoms with E-state index in [9.17, 15) is 0 Å². The van der Waals surface area contributed by atoms with Gasteiger partial charge in [-0.05, 0) is 30.9 Å². The molecule has 0 saturated carbocycles. The minimum atomic E-state index is 0.878. The fourth-order valence-electron chi connectivity index (χ4n) is 2.68. The van der Waals surface area contributed by atoms with Gasteiger partial charge in [-0.1, -0.05) is 36.4 Å². The van der Waals surface area contributed by atoms with E-state index in [2.05, 4.69) is 53.4 Å². The molecule has 0 unspecified atom stereocenters. The number of H-pyrrole nitrogens is 1. The first-order valence-electron chi connectivity index (χ1n) is 6.82. The van der Waals surface area contributed by atoms with E-state index >= 15 is 0 Å². The Morgan fingerprint density at radius 3 is 2.68 bits per heavy atom. The van der Waals surface area contributed by atoms with E-state index in [0.29, 0.717) is 0 Å². The van der Waals surface area contributed by atoms with Gasteiger partial charge in [0.1, 0.15) is 0 Å². The van der Waals surface area contributed by atoms with Crippen LogP contribution in [0.4, 0.5) is 0 Å². The maximum Gasteiger partial charge on any atom is 0.0497 e. The summed E-state index contributed by atoms with van der Waals surface area (Å²) in [5.74, 6) is 2.70. The molecule has 0 aliphatic heterocycles. The molecule has 0 fully saturated rings. The van der Waals surface area contributed by atoms with E-state index in [1.54, 1.807) is 0 Å². The fourth-order valence-corrected chi connectivity index (χ4v) is 2.68. The van der Waals surface area contributed by atoms with Crippen molar-refractivity contribution in [2.75, 3.05) is 0 Å². The molecule has 1 heteroatoms. The number of unbranched alkanes of at least 4 members (excludes halogenated alkanes) is 2. The van der Waals surface area contributed by atoms with E-state index in [1.807, 2.05) is 0 Å². The summed E-state index contributed by atoms with van der Waals surface area (Å²) in [5, 5.41) is 2.63. The monoisotopic (exact) mass is 247 g/mol. The molecule has 2 aromatic carbocycles. The lowest BCUT2D eigenvalue weighted by Gasteiger charge is -2.02. The molecular weight excluding hydrogens is 230 g/mol. The Morgan fingerprint density at radius 1 is 0.947 bits per heavy atom. The van der Waals surface area contributed by atoms with E-state index in [1.165, 1.54) is 27.4 Å². The van der Waals surface area contributed by atoms with E-state index in [0.717, 1.165) is 25.7 Å². The maximum absolute atomic E-state index is 5.29. The Labute approximate surface area is 113 Å². The third kappa shape index (κ3) is 2.22. The van der Waals surface area contributed by atoms with Gasteiger partial charge in [-0.25, -0.2) is 0 Å². The summed E-state index contributed by atoms with van der Waals surface area (Å²) in [6.45, 7) is 0. The molecule has 3 rings (SSSR count). The standard InChI is InChI=1S/C18H17N/c1-2-3-4-5-9-14-10-8-12-16-15-11-6-7-13-17(15)19-18(14)16/h1,6-8,10-13,19H,3-5,9H2. The van der Waals surface area contributed by atoms with Crippen LogP contribution in [0.5, 0.6) is 0 Å². The van der Waals surface area contributed by atoms with Gasteiger partial charge < -0.3 is 4.98 Å². The third-order valence-electron chi connectivity index (χ3n) is 3.64. The highest BCUT2D eigenvalue weighted by Crippen LogP contribution is 2.28. The van der Waals surface area contributed by atoms with Crippen molar-refractivity contribution in [1.29, 1.82) is 0 Å². The molecule has 0 atom stereocenters. The summed E-state index contributed by atoms with van der Waals surface area (Å²) < 4.78 is 0. The van der Waals surface area contributed by atoms with Gasteiger partial charge in [0.05, 0.1) is 0 Å². The molecule has 19 heavy (non-hydrogen) atoms. The quantitative estimate of drug-likeness (QED) is 0.509. The Hall–Kier alpha value is -2.20. The number of para-hydroxylation sites is 2. The van der Waals surface area contributed by atoms with Crippen molar-refractivity contribution in [3.05, 3.63) is 48.0 Å². The number of aryl methyl sites for hydroxylation is 1. The van der Waals surface area contributed by atoms with Crippen molar-refractivity contribution < 1.29 is 0 Å². The van der Waals surface area contributed by atoms with Crippen LogP contribution in [-0.4, -0.2) is 4.98 Å². The highest BCUT2D eigenvalue weighted by Gasteiger charge is 2.06. The van der Waals surface area contributed by atoms with Crippen LogP contribution in [0, 0.1) is 12.3 Å². The lowest BCUT2D eigenvalue weighted by molar-refractivity contribution is 0.759. The number of hydrogen-bond donors (Lipinski definition) is 1. The van der Waals surface area contributed by atoms with Crippen molar-refractivity contribution >= 4 is 21.8 Å². The molecule has 1 nitrogen and oxygen atoms in total. The fraction of sp³-hybridized carbons (Fsp3) is 0.222. The van der Waals surface area contributed by atoms with Gasteiger partial charge in [0.25, 0.3) is 0 Å². The molecule has 0 amide bonds. The Morgan fingerprint density at radius 2 is 1.79 bits per heavy atom. The predicted octanol–water partition coefficient (Wildman–Crippen LogP) is 4.67. The van der Waals surface area contributed by atoms with E-state index in [-0.39, 0.29) is 0 Å². The van der Waals surface area contributed by atoms with Gasteiger partial charge in [0.15, 0.2) is 0 Å². The van der Waals surface area contributed by atoms with Crippen LogP contribution in [0.1, 0.15) is 24.8 Å². The molecule has 0 saturated heterocycles. The summed E-state index contributed by atoms with van der Waals surface area (Å²) in [6, 6.07) is 15.0. The molecule has 3 aromatic rings. The first-order chi connectivity index (χ1) is 9.40. The average Bonchev–Trinajstić information content (AvgIpc) is 2.83. The van der Waals surface area contributed by atoms with Gasteiger partial charge in [0.2, 0.25) is 0 Å². The normalized spacial score (nSPS) is 10.9. The average molecular weight is 247 g/mol. The number of aromatic nitrogens is 1. The zero-order valence-electron chi connectivity index (χ0n) is 10.9. The second-order valence-corrected chi connectivity index (χ2v) is 4.92. The van der Waals surface area contributed by atoms with Gasteiger partial charge in [-0.15, -0.1) is 12.3 Å². The highest BCUT2D eigenvalue weighted by molar-refractivity contribution is 6.08. The minimum Gasteiger partial charge on any atom is -0.354 e. The number of rotatable bonds is 4.